The highest BCUT2D eigenvalue weighted by atomic mass is 15.3. The van der Waals surface area contributed by atoms with Crippen molar-refractivity contribution < 1.29 is 0 Å². The molecule has 3 heteroatoms. The van der Waals surface area contributed by atoms with Gasteiger partial charge in [-0.05, 0) is 32.1 Å². The van der Waals surface area contributed by atoms with Gasteiger partial charge in [-0.15, -0.1) is 0 Å². The number of rotatable bonds is 2. The van der Waals surface area contributed by atoms with Crippen LogP contribution >= 0.6 is 0 Å². The molecule has 1 atom stereocenters. The smallest absolute Gasteiger partial charge is 0.122 e. The van der Waals surface area contributed by atoms with Crippen LogP contribution in [0.3, 0.4) is 0 Å². The molecule has 2 N–H and O–H groups in total. The van der Waals surface area contributed by atoms with Crippen molar-refractivity contribution in [3.63, 3.8) is 0 Å². The van der Waals surface area contributed by atoms with Gasteiger partial charge in [-0.25, -0.2) is 4.68 Å². The molecule has 0 bridgehead atoms. The van der Waals surface area contributed by atoms with Gasteiger partial charge in [0.25, 0.3) is 0 Å². The lowest BCUT2D eigenvalue weighted by atomic mass is 10.0. The van der Waals surface area contributed by atoms with Crippen LogP contribution in [-0.4, -0.2) is 9.78 Å². The minimum absolute atomic E-state index is 0.432. The molecule has 2 rings (SSSR count). The van der Waals surface area contributed by atoms with E-state index in [0.29, 0.717) is 11.5 Å². The van der Waals surface area contributed by atoms with Gasteiger partial charge in [0.05, 0.1) is 11.7 Å². The van der Waals surface area contributed by atoms with Crippen LogP contribution in [0.5, 0.6) is 0 Å². The van der Waals surface area contributed by atoms with E-state index in [0.717, 1.165) is 11.5 Å². The fraction of sp³-hybridized carbons (Fsp3) is 0.700. The molecule has 0 aromatic carbocycles. The third-order valence-electron chi connectivity index (χ3n) is 3.30. The fourth-order valence-electron chi connectivity index (χ4n) is 1.76. The van der Waals surface area contributed by atoms with Gasteiger partial charge in [-0.1, -0.05) is 6.92 Å². The summed E-state index contributed by atoms with van der Waals surface area (Å²) in [7, 11) is 0. The maximum absolute atomic E-state index is 5.87. The van der Waals surface area contributed by atoms with Crippen LogP contribution < -0.4 is 5.73 Å². The molecule has 1 saturated carbocycles. The van der Waals surface area contributed by atoms with Gasteiger partial charge in [-0.3, -0.25) is 0 Å². The van der Waals surface area contributed by atoms with Crippen LogP contribution in [-0.2, 0) is 0 Å². The lowest BCUT2D eigenvalue weighted by Crippen LogP contribution is -2.18. The average molecular weight is 179 g/mol. The van der Waals surface area contributed by atoms with E-state index >= 15 is 0 Å². The summed E-state index contributed by atoms with van der Waals surface area (Å²) in [4.78, 5) is 0. The van der Waals surface area contributed by atoms with Gasteiger partial charge in [0.2, 0.25) is 0 Å². The summed E-state index contributed by atoms with van der Waals surface area (Å²) in [6, 6.07) is 2.36. The first-order valence-electron chi connectivity index (χ1n) is 4.84. The van der Waals surface area contributed by atoms with Gasteiger partial charge >= 0.3 is 0 Å². The average Bonchev–Trinajstić information content (AvgIpc) is 2.71. The maximum Gasteiger partial charge on any atom is 0.122 e. The number of anilines is 1. The first kappa shape index (κ1) is 8.60. The predicted molar refractivity (Wildman–Crippen MR) is 53.4 cm³/mol. The molecule has 0 spiro atoms. The Kier molecular flexibility index (Phi) is 1.65. The van der Waals surface area contributed by atoms with Crippen LogP contribution in [0.1, 0.15) is 38.4 Å². The molecule has 72 valence electrons. The summed E-state index contributed by atoms with van der Waals surface area (Å²) in [5.74, 6) is 0.790. The molecule has 0 saturated heterocycles. The number of nitrogens with zero attached hydrogens (tertiary/aromatic N) is 2. The zero-order valence-corrected chi connectivity index (χ0v) is 8.54. The Labute approximate surface area is 78.9 Å². The molecule has 1 aliphatic carbocycles. The van der Waals surface area contributed by atoms with Crippen LogP contribution in [0.4, 0.5) is 5.82 Å². The van der Waals surface area contributed by atoms with Crippen molar-refractivity contribution in [2.45, 2.75) is 39.7 Å². The van der Waals surface area contributed by atoms with E-state index in [1.807, 2.05) is 17.7 Å². The SMILES string of the molecule is Cc1cc(N)n(C(C)C2(C)CC2)n1. The zero-order valence-electron chi connectivity index (χ0n) is 8.54. The second-order valence-electron chi connectivity index (χ2n) is 4.49. The summed E-state index contributed by atoms with van der Waals surface area (Å²) >= 11 is 0. The predicted octanol–water partition coefficient (Wildman–Crippen LogP) is 2.13. The number of hydrogen-bond acceptors (Lipinski definition) is 2. The number of nitrogen functional groups attached to an aromatic ring is 1. The summed E-state index contributed by atoms with van der Waals surface area (Å²) < 4.78 is 1.96. The Morgan fingerprint density at radius 2 is 2.23 bits per heavy atom. The van der Waals surface area contributed by atoms with Crippen molar-refractivity contribution in [1.82, 2.24) is 9.78 Å². The van der Waals surface area contributed by atoms with Crippen molar-refractivity contribution in [3.05, 3.63) is 11.8 Å². The number of nitrogens with two attached hydrogens (primary N) is 1. The molecule has 3 nitrogen and oxygen atoms in total. The number of hydrogen-bond donors (Lipinski definition) is 1. The lowest BCUT2D eigenvalue weighted by molar-refractivity contribution is 0.334. The largest absolute Gasteiger partial charge is 0.384 e. The van der Waals surface area contributed by atoms with Crippen molar-refractivity contribution in [3.8, 4) is 0 Å². The van der Waals surface area contributed by atoms with E-state index in [9.17, 15) is 0 Å². The van der Waals surface area contributed by atoms with Crippen molar-refractivity contribution in [1.29, 1.82) is 0 Å². The summed E-state index contributed by atoms with van der Waals surface area (Å²) in [6.45, 7) is 6.48. The number of aryl methyl sites for hydroxylation is 1. The molecule has 1 aromatic heterocycles. The van der Waals surface area contributed by atoms with Gasteiger partial charge in [0, 0.05) is 6.07 Å². The monoisotopic (exact) mass is 179 g/mol. The molecule has 1 aromatic rings. The van der Waals surface area contributed by atoms with Gasteiger partial charge in [0.1, 0.15) is 5.82 Å². The lowest BCUT2D eigenvalue weighted by Gasteiger charge is -2.20. The van der Waals surface area contributed by atoms with Crippen LogP contribution in [0.2, 0.25) is 0 Å². The molecule has 13 heavy (non-hydrogen) atoms. The third-order valence-corrected chi connectivity index (χ3v) is 3.30. The number of aromatic nitrogens is 2. The topological polar surface area (TPSA) is 43.8 Å². The van der Waals surface area contributed by atoms with E-state index in [1.54, 1.807) is 0 Å². The molecular formula is C10H17N3. The minimum atomic E-state index is 0.432. The van der Waals surface area contributed by atoms with Crippen molar-refractivity contribution in [2.75, 3.05) is 5.73 Å². The highest BCUT2D eigenvalue weighted by Crippen LogP contribution is 2.53. The van der Waals surface area contributed by atoms with E-state index in [1.165, 1.54) is 12.8 Å². The molecule has 0 amide bonds. The summed E-state index contributed by atoms with van der Waals surface area (Å²) in [6.07, 6.45) is 2.60. The van der Waals surface area contributed by atoms with Crippen molar-refractivity contribution >= 4 is 5.82 Å². The Morgan fingerprint density at radius 3 is 2.62 bits per heavy atom. The second-order valence-corrected chi connectivity index (χ2v) is 4.49. The third kappa shape index (κ3) is 1.32. The first-order chi connectivity index (χ1) is 6.03. The molecular weight excluding hydrogens is 162 g/mol. The highest BCUT2D eigenvalue weighted by molar-refractivity contribution is 5.31. The normalized spacial score (nSPS) is 21.5. The highest BCUT2D eigenvalue weighted by Gasteiger charge is 2.44. The minimum Gasteiger partial charge on any atom is -0.384 e. The van der Waals surface area contributed by atoms with Crippen LogP contribution in [0.15, 0.2) is 6.07 Å². The molecule has 0 radical (unpaired) electrons. The van der Waals surface area contributed by atoms with Crippen molar-refractivity contribution in [2.24, 2.45) is 5.41 Å². The molecule has 1 heterocycles. The molecule has 0 aliphatic heterocycles. The summed E-state index contributed by atoms with van der Waals surface area (Å²) in [5, 5.41) is 4.41. The van der Waals surface area contributed by atoms with Gasteiger partial charge in [0.15, 0.2) is 0 Å². The zero-order chi connectivity index (χ0) is 9.64. The Balaban J connectivity index is 2.29. The summed E-state index contributed by atoms with van der Waals surface area (Å²) in [5.41, 5.74) is 7.31. The Hall–Kier alpha value is -0.990. The first-order valence-corrected chi connectivity index (χ1v) is 4.84. The van der Waals surface area contributed by atoms with E-state index in [2.05, 4.69) is 18.9 Å². The molecule has 1 aliphatic rings. The van der Waals surface area contributed by atoms with Gasteiger partial charge < -0.3 is 5.73 Å². The standard InChI is InChI=1S/C10H17N3/c1-7-6-9(11)13(12-7)8(2)10(3)4-5-10/h6,8H,4-5,11H2,1-3H3. The maximum atomic E-state index is 5.87. The van der Waals surface area contributed by atoms with Crippen LogP contribution in [0.25, 0.3) is 0 Å². The van der Waals surface area contributed by atoms with E-state index < -0.39 is 0 Å². The van der Waals surface area contributed by atoms with E-state index in [-0.39, 0.29) is 0 Å². The quantitative estimate of drug-likeness (QED) is 0.755. The van der Waals surface area contributed by atoms with E-state index in [4.69, 9.17) is 5.73 Å². The second kappa shape index (κ2) is 2.50. The fourth-order valence-corrected chi connectivity index (χ4v) is 1.76. The van der Waals surface area contributed by atoms with Crippen LogP contribution in [0, 0.1) is 12.3 Å². The van der Waals surface area contributed by atoms with Gasteiger partial charge in [-0.2, -0.15) is 5.10 Å². The Bertz CT molecular complexity index is 323. The molecule has 1 unspecified atom stereocenters. The Morgan fingerprint density at radius 1 is 1.62 bits per heavy atom. The molecule has 1 fully saturated rings.